The minimum atomic E-state index is 0.0801. The van der Waals surface area contributed by atoms with Gasteiger partial charge in [-0.2, -0.15) is 0 Å². The van der Waals surface area contributed by atoms with Crippen LogP contribution < -0.4 is 5.73 Å². The first-order valence-electron chi connectivity index (χ1n) is 8.17. The lowest BCUT2D eigenvalue weighted by molar-refractivity contribution is -0.140. The van der Waals surface area contributed by atoms with Gasteiger partial charge in [0.25, 0.3) is 0 Å². The second-order valence-electron chi connectivity index (χ2n) is 6.66. The van der Waals surface area contributed by atoms with Crippen molar-refractivity contribution in [2.75, 3.05) is 13.1 Å². The highest BCUT2D eigenvalue weighted by molar-refractivity contribution is 5.80. The summed E-state index contributed by atoms with van der Waals surface area (Å²) in [7, 11) is 0. The van der Waals surface area contributed by atoms with Crippen molar-refractivity contribution in [1.82, 2.24) is 4.90 Å². The number of piperidine rings is 1. The van der Waals surface area contributed by atoms with E-state index in [0.717, 1.165) is 31.8 Å². The Morgan fingerprint density at radius 1 is 1.21 bits per heavy atom. The van der Waals surface area contributed by atoms with Gasteiger partial charge in [0.1, 0.15) is 0 Å². The Balaban J connectivity index is 1.89. The van der Waals surface area contributed by atoms with Gasteiger partial charge >= 0.3 is 0 Å². The van der Waals surface area contributed by atoms with E-state index >= 15 is 0 Å². The van der Waals surface area contributed by atoms with Gasteiger partial charge in [-0.05, 0) is 37.5 Å². The standard InChI is InChI=1S/C16H30N2O/c1-3-5-13-8-10-18(11-9-13)16(19)15-12(2)6-4-7-14(15)17/h12-15H,3-11,17H2,1-2H3. The zero-order valence-electron chi connectivity index (χ0n) is 12.6. The zero-order valence-corrected chi connectivity index (χ0v) is 12.6. The van der Waals surface area contributed by atoms with Crippen LogP contribution in [-0.4, -0.2) is 29.9 Å². The first-order valence-corrected chi connectivity index (χ1v) is 8.17. The monoisotopic (exact) mass is 266 g/mol. The third kappa shape index (κ3) is 3.50. The molecule has 2 aliphatic rings. The van der Waals surface area contributed by atoms with Crippen LogP contribution in [0.25, 0.3) is 0 Å². The van der Waals surface area contributed by atoms with Crippen molar-refractivity contribution in [3.63, 3.8) is 0 Å². The van der Waals surface area contributed by atoms with Crippen LogP contribution in [0.4, 0.5) is 0 Å². The molecule has 1 amide bonds. The summed E-state index contributed by atoms with van der Waals surface area (Å²) in [6.07, 6.45) is 8.34. The summed E-state index contributed by atoms with van der Waals surface area (Å²) < 4.78 is 0. The number of rotatable bonds is 3. The molecular formula is C16H30N2O. The van der Waals surface area contributed by atoms with Crippen LogP contribution in [0.5, 0.6) is 0 Å². The molecule has 3 atom stereocenters. The molecule has 0 aromatic carbocycles. The molecule has 3 unspecified atom stereocenters. The lowest BCUT2D eigenvalue weighted by atomic mass is 9.76. The number of hydrogen-bond acceptors (Lipinski definition) is 2. The maximum absolute atomic E-state index is 12.7. The fourth-order valence-electron chi connectivity index (χ4n) is 3.94. The smallest absolute Gasteiger partial charge is 0.227 e. The van der Waals surface area contributed by atoms with E-state index < -0.39 is 0 Å². The first-order chi connectivity index (χ1) is 9.13. The van der Waals surface area contributed by atoms with Crippen LogP contribution in [0.1, 0.15) is 58.8 Å². The van der Waals surface area contributed by atoms with E-state index in [1.807, 2.05) is 0 Å². The molecule has 3 heteroatoms. The van der Waals surface area contributed by atoms with Crippen molar-refractivity contribution in [3.05, 3.63) is 0 Å². The average Bonchev–Trinajstić information content (AvgIpc) is 2.39. The lowest BCUT2D eigenvalue weighted by Crippen LogP contribution is -2.50. The Hall–Kier alpha value is -0.570. The SMILES string of the molecule is CCCC1CCN(C(=O)C2C(C)CCCC2N)CC1. The molecule has 19 heavy (non-hydrogen) atoms. The summed E-state index contributed by atoms with van der Waals surface area (Å²) in [5.41, 5.74) is 6.20. The first kappa shape index (κ1) is 14.8. The van der Waals surface area contributed by atoms with Crippen LogP contribution in [0.2, 0.25) is 0 Å². The number of nitrogens with zero attached hydrogens (tertiary/aromatic N) is 1. The maximum Gasteiger partial charge on any atom is 0.227 e. The Bertz CT molecular complexity index is 287. The highest BCUT2D eigenvalue weighted by Gasteiger charge is 2.37. The molecule has 0 aromatic rings. The number of amides is 1. The van der Waals surface area contributed by atoms with E-state index in [0.29, 0.717) is 11.8 Å². The van der Waals surface area contributed by atoms with E-state index in [1.165, 1.54) is 32.1 Å². The Morgan fingerprint density at radius 3 is 2.47 bits per heavy atom. The van der Waals surface area contributed by atoms with Crippen molar-refractivity contribution < 1.29 is 4.79 Å². The van der Waals surface area contributed by atoms with Crippen molar-refractivity contribution in [1.29, 1.82) is 0 Å². The number of carbonyl (C=O) groups excluding carboxylic acids is 1. The minimum Gasteiger partial charge on any atom is -0.342 e. The molecule has 0 spiro atoms. The lowest BCUT2D eigenvalue weighted by Gasteiger charge is -2.39. The molecule has 2 fully saturated rings. The van der Waals surface area contributed by atoms with Gasteiger partial charge in [0, 0.05) is 19.1 Å². The summed E-state index contributed by atoms with van der Waals surface area (Å²) in [6, 6.07) is 0.0876. The van der Waals surface area contributed by atoms with E-state index in [2.05, 4.69) is 18.7 Å². The third-order valence-corrected chi connectivity index (χ3v) is 5.18. The quantitative estimate of drug-likeness (QED) is 0.854. The fraction of sp³-hybridized carbons (Fsp3) is 0.938. The molecule has 0 bridgehead atoms. The molecular weight excluding hydrogens is 236 g/mol. The summed E-state index contributed by atoms with van der Waals surface area (Å²) in [5.74, 6) is 1.72. The van der Waals surface area contributed by atoms with Crippen LogP contribution >= 0.6 is 0 Å². The molecule has 1 saturated carbocycles. The predicted octanol–water partition coefficient (Wildman–Crippen LogP) is 2.79. The normalized spacial score (nSPS) is 33.4. The Labute approximate surface area is 117 Å². The fourth-order valence-corrected chi connectivity index (χ4v) is 3.94. The predicted molar refractivity (Wildman–Crippen MR) is 78.7 cm³/mol. The van der Waals surface area contributed by atoms with Gasteiger partial charge in [-0.15, -0.1) is 0 Å². The highest BCUT2D eigenvalue weighted by Crippen LogP contribution is 2.32. The summed E-state index contributed by atoms with van der Waals surface area (Å²) in [6.45, 7) is 6.37. The van der Waals surface area contributed by atoms with E-state index in [1.54, 1.807) is 0 Å². The van der Waals surface area contributed by atoms with Crippen molar-refractivity contribution in [3.8, 4) is 0 Å². The molecule has 1 saturated heterocycles. The number of likely N-dealkylation sites (tertiary alicyclic amines) is 1. The van der Waals surface area contributed by atoms with E-state index in [9.17, 15) is 4.79 Å². The van der Waals surface area contributed by atoms with Crippen LogP contribution in [0.3, 0.4) is 0 Å². The van der Waals surface area contributed by atoms with Gasteiger partial charge in [0.05, 0.1) is 5.92 Å². The molecule has 2 rings (SSSR count). The van der Waals surface area contributed by atoms with Crippen molar-refractivity contribution >= 4 is 5.91 Å². The molecule has 1 aliphatic heterocycles. The third-order valence-electron chi connectivity index (χ3n) is 5.18. The van der Waals surface area contributed by atoms with E-state index in [4.69, 9.17) is 5.73 Å². The highest BCUT2D eigenvalue weighted by atomic mass is 16.2. The molecule has 1 aliphatic carbocycles. The van der Waals surface area contributed by atoms with E-state index in [-0.39, 0.29) is 12.0 Å². The van der Waals surface area contributed by atoms with Crippen molar-refractivity contribution in [2.24, 2.45) is 23.5 Å². The molecule has 110 valence electrons. The molecule has 0 radical (unpaired) electrons. The second-order valence-corrected chi connectivity index (χ2v) is 6.66. The number of carbonyl (C=O) groups is 1. The molecule has 0 aromatic heterocycles. The number of nitrogens with two attached hydrogens (primary N) is 1. The Kier molecular flexibility index (Phi) is 5.26. The van der Waals surface area contributed by atoms with Gasteiger partial charge in [0.15, 0.2) is 0 Å². The topological polar surface area (TPSA) is 46.3 Å². The maximum atomic E-state index is 12.7. The summed E-state index contributed by atoms with van der Waals surface area (Å²) in [5, 5.41) is 0. The molecule has 1 heterocycles. The van der Waals surface area contributed by atoms with Crippen molar-refractivity contribution in [2.45, 2.75) is 64.8 Å². The minimum absolute atomic E-state index is 0.0801. The average molecular weight is 266 g/mol. The molecule has 2 N–H and O–H groups in total. The molecule has 3 nitrogen and oxygen atoms in total. The largest absolute Gasteiger partial charge is 0.342 e. The number of hydrogen-bond donors (Lipinski definition) is 1. The van der Waals surface area contributed by atoms with Crippen LogP contribution in [0.15, 0.2) is 0 Å². The summed E-state index contributed by atoms with van der Waals surface area (Å²) in [4.78, 5) is 14.8. The van der Waals surface area contributed by atoms with Gasteiger partial charge in [-0.3, -0.25) is 4.79 Å². The van der Waals surface area contributed by atoms with Crippen LogP contribution in [-0.2, 0) is 4.79 Å². The van der Waals surface area contributed by atoms with Gasteiger partial charge in [-0.1, -0.05) is 33.1 Å². The van der Waals surface area contributed by atoms with Gasteiger partial charge < -0.3 is 10.6 Å². The van der Waals surface area contributed by atoms with Gasteiger partial charge in [0.2, 0.25) is 5.91 Å². The second kappa shape index (κ2) is 6.74. The van der Waals surface area contributed by atoms with Crippen LogP contribution in [0, 0.1) is 17.8 Å². The van der Waals surface area contributed by atoms with Gasteiger partial charge in [-0.25, -0.2) is 0 Å². The summed E-state index contributed by atoms with van der Waals surface area (Å²) >= 11 is 0. The Morgan fingerprint density at radius 2 is 1.89 bits per heavy atom. The zero-order chi connectivity index (χ0) is 13.8.